The number of anilines is 1. The Labute approximate surface area is 286 Å². The van der Waals surface area contributed by atoms with Crippen LogP contribution in [0.25, 0.3) is 23.1 Å². The van der Waals surface area contributed by atoms with Gasteiger partial charge in [-0.05, 0) is 62.3 Å². The molecule has 1 N–H and O–H groups in total. The molecule has 3 rings (SSSR count). The molecule has 2 unspecified atom stereocenters. The van der Waals surface area contributed by atoms with E-state index in [2.05, 4.69) is 45.6 Å². The number of thiophene rings is 1. The first-order valence-electron chi connectivity index (χ1n) is 15.1. The minimum absolute atomic E-state index is 0.109. The quantitative estimate of drug-likeness (QED) is 0.112. The lowest BCUT2D eigenvalue weighted by Gasteiger charge is -2.29. The summed E-state index contributed by atoms with van der Waals surface area (Å²) in [6.07, 6.45) is 5.04. The highest BCUT2D eigenvalue weighted by Crippen LogP contribution is 2.50. The maximum Gasteiger partial charge on any atom is 0.430 e. The van der Waals surface area contributed by atoms with Gasteiger partial charge < -0.3 is 19.5 Å². The van der Waals surface area contributed by atoms with Crippen LogP contribution in [0.1, 0.15) is 61.8 Å². The molecule has 1 aromatic heterocycles. The van der Waals surface area contributed by atoms with Crippen molar-refractivity contribution >= 4 is 51.2 Å². The van der Waals surface area contributed by atoms with E-state index < -0.39 is 40.5 Å². The number of unbranched alkanes of at least 4 members (excludes halogenated alkanes) is 2. The molecule has 7 nitrogen and oxygen atoms in total. The lowest BCUT2D eigenvalue weighted by atomic mass is 9.94. The normalized spacial score (nSPS) is 17.0. The molecule has 0 saturated carbocycles. The fourth-order valence-electron chi connectivity index (χ4n) is 4.68. The minimum Gasteiger partial charge on any atom is -0.490 e. The molecule has 0 fully saturated rings. The molecule has 1 aromatic carbocycles. The summed E-state index contributed by atoms with van der Waals surface area (Å²) >= 11 is 4.59. The van der Waals surface area contributed by atoms with Gasteiger partial charge in [-0.1, -0.05) is 48.7 Å². The molecule has 0 amide bonds. The number of alkyl halides is 4. The Morgan fingerprint density at radius 3 is 2.26 bits per heavy atom. The zero-order chi connectivity index (χ0) is 34.6. The SMILES string of the molecule is [C-]#[N+]C1=C(/C=C/c2ccc(/C=C/c3ccc(N(CCCC)CCCC)cc3OCC(O)CBr)s2)C(C)(C(F)(F)F)OC1=C(C#N)C#N. The largest absolute Gasteiger partial charge is 0.490 e. The van der Waals surface area contributed by atoms with E-state index in [0.29, 0.717) is 16.0 Å². The van der Waals surface area contributed by atoms with Gasteiger partial charge in [0.15, 0.2) is 11.3 Å². The molecule has 0 spiro atoms. The summed E-state index contributed by atoms with van der Waals surface area (Å²) in [6.45, 7) is 14.5. The van der Waals surface area contributed by atoms with Crippen LogP contribution in [-0.2, 0) is 4.74 Å². The molecule has 0 saturated heterocycles. The van der Waals surface area contributed by atoms with Crippen LogP contribution in [0.5, 0.6) is 5.75 Å². The molecule has 47 heavy (non-hydrogen) atoms. The van der Waals surface area contributed by atoms with E-state index >= 15 is 0 Å². The predicted molar refractivity (Wildman–Crippen MR) is 183 cm³/mol. The zero-order valence-electron chi connectivity index (χ0n) is 26.4. The van der Waals surface area contributed by atoms with E-state index in [-0.39, 0.29) is 6.61 Å². The second-order valence-corrected chi connectivity index (χ2v) is 12.7. The first kappa shape index (κ1) is 37.4. The number of benzene rings is 1. The number of nitriles is 2. The fourth-order valence-corrected chi connectivity index (χ4v) is 5.68. The Morgan fingerprint density at radius 2 is 1.72 bits per heavy atom. The van der Waals surface area contributed by atoms with Crippen molar-refractivity contribution < 1.29 is 27.8 Å². The van der Waals surface area contributed by atoms with E-state index in [0.717, 1.165) is 67.9 Å². The Bertz CT molecular complexity index is 1640. The average Bonchev–Trinajstić information content (AvgIpc) is 3.64. The number of aliphatic hydroxyl groups is 1. The Kier molecular flexibility index (Phi) is 13.7. The van der Waals surface area contributed by atoms with E-state index in [4.69, 9.17) is 16.0 Å². The summed E-state index contributed by atoms with van der Waals surface area (Å²) in [4.78, 5) is 6.96. The Morgan fingerprint density at radius 1 is 1.11 bits per heavy atom. The third kappa shape index (κ3) is 9.29. The summed E-state index contributed by atoms with van der Waals surface area (Å²) in [7, 11) is 0. The molecule has 248 valence electrons. The van der Waals surface area contributed by atoms with Crippen LogP contribution in [-0.4, -0.2) is 48.0 Å². The first-order valence-corrected chi connectivity index (χ1v) is 17.0. The van der Waals surface area contributed by atoms with Gasteiger partial charge in [0.05, 0.1) is 12.7 Å². The summed E-state index contributed by atoms with van der Waals surface area (Å²) in [5.74, 6) is -0.0523. The molecule has 2 aromatic rings. The van der Waals surface area contributed by atoms with Gasteiger partial charge in [-0.2, -0.15) is 23.7 Å². The summed E-state index contributed by atoms with van der Waals surface area (Å²) in [5.41, 5.74) is -2.78. The zero-order valence-corrected chi connectivity index (χ0v) is 28.8. The number of aliphatic hydroxyl groups excluding tert-OH is 1. The molecule has 12 heteroatoms. The van der Waals surface area contributed by atoms with Crippen LogP contribution < -0.4 is 9.64 Å². The minimum atomic E-state index is -4.92. The van der Waals surface area contributed by atoms with Gasteiger partial charge in [-0.15, -0.1) is 11.3 Å². The number of hydrogen-bond acceptors (Lipinski definition) is 7. The van der Waals surface area contributed by atoms with E-state index in [1.807, 2.05) is 30.4 Å². The number of nitrogens with zero attached hydrogens (tertiary/aromatic N) is 4. The molecular weight excluding hydrogens is 693 g/mol. The summed E-state index contributed by atoms with van der Waals surface area (Å²) in [6, 6.07) is 12.6. The van der Waals surface area contributed by atoms with Crippen molar-refractivity contribution in [1.29, 1.82) is 10.5 Å². The van der Waals surface area contributed by atoms with Gasteiger partial charge in [0.1, 0.15) is 24.5 Å². The number of ether oxygens (including phenoxy) is 2. The lowest BCUT2D eigenvalue weighted by molar-refractivity contribution is -0.236. The Balaban J connectivity index is 1.94. The fraction of sp³-hybridized carbons (Fsp3) is 0.400. The molecule has 1 aliphatic heterocycles. The highest BCUT2D eigenvalue weighted by molar-refractivity contribution is 9.09. The van der Waals surface area contributed by atoms with Gasteiger partial charge >= 0.3 is 6.18 Å². The molecule has 0 bridgehead atoms. The average molecular weight is 730 g/mol. The first-order chi connectivity index (χ1) is 22.5. The van der Waals surface area contributed by atoms with Crippen molar-refractivity contribution in [3.8, 4) is 17.9 Å². The van der Waals surface area contributed by atoms with Crippen molar-refractivity contribution in [2.45, 2.75) is 64.3 Å². The van der Waals surface area contributed by atoms with E-state index in [1.165, 1.54) is 29.6 Å². The summed E-state index contributed by atoms with van der Waals surface area (Å²) < 4.78 is 53.6. The second-order valence-electron chi connectivity index (χ2n) is 10.9. The van der Waals surface area contributed by atoms with E-state index in [9.17, 15) is 28.8 Å². The van der Waals surface area contributed by atoms with Crippen molar-refractivity contribution in [3.63, 3.8) is 0 Å². The van der Waals surface area contributed by atoms with Gasteiger partial charge in [-0.3, -0.25) is 0 Å². The third-order valence-electron chi connectivity index (χ3n) is 7.42. The maximum absolute atomic E-state index is 14.2. The molecule has 1 aliphatic rings. The van der Waals surface area contributed by atoms with Gasteiger partial charge in [0.25, 0.3) is 0 Å². The smallest absolute Gasteiger partial charge is 0.430 e. The van der Waals surface area contributed by atoms with Crippen molar-refractivity contribution in [3.05, 3.63) is 85.7 Å². The van der Waals surface area contributed by atoms with Crippen LogP contribution in [0.15, 0.2) is 59.0 Å². The van der Waals surface area contributed by atoms with Gasteiger partial charge in [0, 0.05) is 51.1 Å². The molecule has 2 heterocycles. The monoisotopic (exact) mass is 728 g/mol. The Hall–Kier alpha value is -4.02. The predicted octanol–water partition coefficient (Wildman–Crippen LogP) is 9.30. The van der Waals surface area contributed by atoms with Crippen molar-refractivity contribution in [2.75, 3.05) is 29.9 Å². The lowest BCUT2D eigenvalue weighted by Crippen LogP contribution is -2.43. The number of halogens is 4. The van der Waals surface area contributed by atoms with Crippen LogP contribution >= 0.6 is 27.3 Å². The highest BCUT2D eigenvalue weighted by Gasteiger charge is 2.60. The van der Waals surface area contributed by atoms with Crippen molar-refractivity contribution in [2.24, 2.45) is 0 Å². The number of hydrogen-bond donors (Lipinski definition) is 1. The van der Waals surface area contributed by atoms with Gasteiger partial charge in [0.2, 0.25) is 11.3 Å². The molecule has 2 atom stereocenters. The van der Waals surface area contributed by atoms with Crippen molar-refractivity contribution in [1.82, 2.24) is 0 Å². The number of allylic oxidation sites excluding steroid dienone is 1. The van der Waals surface area contributed by atoms with Gasteiger partial charge in [-0.25, -0.2) is 4.85 Å². The van der Waals surface area contributed by atoms with Crippen LogP contribution in [0, 0.1) is 29.2 Å². The standard InChI is InChI=1S/C35H36BrF3N4O3S/c1-5-7-17-43(18-8-6-2)26-11-9-24(31(19-26)45-23-27(44)20-36)10-12-28-13-14-29(47-28)15-16-30-32(42-4)33(25(21-40)22-41)46-34(30,3)35(37,38)39/h9-16,19,27,44H,5-8,17-18,20,23H2,1-3H3/b12-10+,16-15+. The van der Waals surface area contributed by atoms with E-state index in [1.54, 1.807) is 6.07 Å². The highest BCUT2D eigenvalue weighted by atomic mass is 79.9. The summed E-state index contributed by atoms with van der Waals surface area (Å²) in [5, 5.41) is 28.9. The third-order valence-corrected chi connectivity index (χ3v) is 9.18. The number of rotatable bonds is 15. The second kappa shape index (κ2) is 17.2. The maximum atomic E-state index is 14.2. The van der Waals surface area contributed by atoms with Crippen LogP contribution in [0.2, 0.25) is 0 Å². The molecule has 0 aliphatic carbocycles. The topological polar surface area (TPSA) is 93.9 Å². The molecular formula is C35H36BrF3N4O3S. The van der Waals surface area contributed by atoms with Crippen LogP contribution in [0.3, 0.4) is 0 Å². The molecule has 0 radical (unpaired) electrons. The van der Waals surface area contributed by atoms with Crippen LogP contribution in [0.4, 0.5) is 18.9 Å².